The molecule has 0 fully saturated rings. The second kappa shape index (κ2) is 6.17. The van der Waals surface area contributed by atoms with E-state index in [2.05, 4.69) is 20.3 Å². The average Bonchev–Trinajstić information content (AvgIpc) is 2.55. The molecular weight excluding hydrogens is 280 g/mol. The van der Waals surface area contributed by atoms with E-state index in [0.29, 0.717) is 18.9 Å². The van der Waals surface area contributed by atoms with Crippen molar-refractivity contribution in [1.29, 1.82) is 0 Å². The molecule has 0 aliphatic rings. The van der Waals surface area contributed by atoms with Crippen LogP contribution in [0.2, 0.25) is 0 Å². The quantitative estimate of drug-likeness (QED) is 0.751. The molecular formula is C16H14N4O2. The Labute approximate surface area is 126 Å². The van der Waals surface area contributed by atoms with Crippen molar-refractivity contribution in [1.82, 2.24) is 15.0 Å². The smallest absolute Gasteiger partial charge is 0.354 e. The number of fused-ring (bicyclic) bond motifs is 1. The highest BCUT2D eigenvalue weighted by molar-refractivity contribution is 5.85. The van der Waals surface area contributed by atoms with Gasteiger partial charge in [0.2, 0.25) is 5.95 Å². The number of anilines is 1. The molecule has 0 aliphatic carbocycles. The van der Waals surface area contributed by atoms with E-state index in [1.807, 2.05) is 36.4 Å². The van der Waals surface area contributed by atoms with Gasteiger partial charge in [0.15, 0.2) is 5.69 Å². The molecule has 2 aromatic heterocycles. The van der Waals surface area contributed by atoms with Crippen molar-refractivity contribution in [3.8, 4) is 0 Å². The van der Waals surface area contributed by atoms with Crippen LogP contribution in [0, 0.1) is 0 Å². The molecule has 1 aromatic carbocycles. The van der Waals surface area contributed by atoms with E-state index in [0.717, 1.165) is 16.6 Å². The summed E-state index contributed by atoms with van der Waals surface area (Å²) in [5, 5.41) is 13.0. The summed E-state index contributed by atoms with van der Waals surface area (Å²) in [5.41, 5.74) is 1.89. The largest absolute Gasteiger partial charge is 0.477 e. The van der Waals surface area contributed by atoms with E-state index < -0.39 is 5.97 Å². The minimum atomic E-state index is -1.07. The van der Waals surface area contributed by atoms with Gasteiger partial charge in [0.25, 0.3) is 0 Å². The summed E-state index contributed by atoms with van der Waals surface area (Å²) >= 11 is 0. The standard InChI is InChI=1S/C16H14N4O2/c21-15(22)14-8-10-18-16(20-14)17-9-7-12-6-5-11-3-1-2-4-13(11)19-12/h1-6,8,10H,7,9H2,(H,21,22)(H,17,18,20). The number of aromatic carboxylic acids is 1. The lowest BCUT2D eigenvalue weighted by molar-refractivity contribution is 0.0690. The Balaban J connectivity index is 1.64. The Morgan fingerprint density at radius 1 is 1.09 bits per heavy atom. The van der Waals surface area contributed by atoms with Crippen LogP contribution >= 0.6 is 0 Å². The van der Waals surface area contributed by atoms with E-state index >= 15 is 0 Å². The first-order valence-electron chi connectivity index (χ1n) is 6.87. The first-order chi connectivity index (χ1) is 10.7. The van der Waals surface area contributed by atoms with Gasteiger partial charge in [-0.2, -0.15) is 0 Å². The van der Waals surface area contributed by atoms with Gasteiger partial charge in [0.1, 0.15) is 0 Å². The number of carboxylic acids is 1. The number of pyridine rings is 1. The predicted molar refractivity (Wildman–Crippen MR) is 82.9 cm³/mol. The maximum Gasteiger partial charge on any atom is 0.354 e. The van der Waals surface area contributed by atoms with Crippen LogP contribution in [0.5, 0.6) is 0 Å². The number of nitrogens with one attached hydrogen (secondary N) is 1. The van der Waals surface area contributed by atoms with Gasteiger partial charge in [-0.1, -0.05) is 24.3 Å². The van der Waals surface area contributed by atoms with Crippen LogP contribution in [0.15, 0.2) is 48.7 Å². The van der Waals surface area contributed by atoms with Gasteiger partial charge in [-0.3, -0.25) is 4.98 Å². The van der Waals surface area contributed by atoms with Crippen LogP contribution in [-0.2, 0) is 6.42 Å². The molecule has 2 heterocycles. The Hall–Kier alpha value is -3.02. The summed E-state index contributed by atoms with van der Waals surface area (Å²) in [5.74, 6) is -0.762. The first-order valence-corrected chi connectivity index (χ1v) is 6.87. The van der Waals surface area contributed by atoms with E-state index in [1.54, 1.807) is 0 Å². The van der Waals surface area contributed by atoms with Gasteiger partial charge in [0.05, 0.1) is 5.52 Å². The zero-order valence-electron chi connectivity index (χ0n) is 11.7. The van der Waals surface area contributed by atoms with Crippen molar-refractivity contribution in [3.05, 3.63) is 60.0 Å². The molecule has 22 heavy (non-hydrogen) atoms. The van der Waals surface area contributed by atoms with Gasteiger partial charge in [-0.05, 0) is 18.2 Å². The molecule has 0 bridgehead atoms. The Morgan fingerprint density at radius 2 is 1.95 bits per heavy atom. The number of hydrogen-bond donors (Lipinski definition) is 2. The lowest BCUT2D eigenvalue weighted by Crippen LogP contribution is -2.11. The second-order valence-electron chi connectivity index (χ2n) is 4.74. The summed E-state index contributed by atoms with van der Waals surface area (Å²) in [4.78, 5) is 23.3. The van der Waals surface area contributed by atoms with E-state index in [-0.39, 0.29) is 5.69 Å². The number of rotatable bonds is 5. The third kappa shape index (κ3) is 3.17. The van der Waals surface area contributed by atoms with Crippen molar-refractivity contribution in [2.24, 2.45) is 0 Å². The molecule has 6 heteroatoms. The van der Waals surface area contributed by atoms with Crippen molar-refractivity contribution in [2.45, 2.75) is 6.42 Å². The molecule has 0 radical (unpaired) electrons. The molecule has 0 saturated carbocycles. The van der Waals surface area contributed by atoms with Gasteiger partial charge in [0, 0.05) is 30.2 Å². The van der Waals surface area contributed by atoms with Crippen LogP contribution < -0.4 is 5.32 Å². The lowest BCUT2D eigenvalue weighted by Gasteiger charge is -2.06. The van der Waals surface area contributed by atoms with Crippen LogP contribution in [-0.4, -0.2) is 32.6 Å². The summed E-state index contributed by atoms with van der Waals surface area (Å²) in [6, 6.07) is 13.3. The fourth-order valence-corrected chi connectivity index (χ4v) is 2.11. The highest BCUT2D eigenvalue weighted by atomic mass is 16.4. The fraction of sp³-hybridized carbons (Fsp3) is 0.125. The fourth-order valence-electron chi connectivity index (χ4n) is 2.11. The van der Waals surface area contributed by atoms with Crippen molar-refractivity contribution in [2.75, 3.05) is 11.9 Å². The van der Waals surface area contributed by atoms with Crippen molar-refractivity contribution < 1.29 is 9.90 Å². The minimum Gasteiger partial charge on any atom is -0.477 e. The van der Waals surface area contributed by atoms with Crippen LogP contribution in [0.1, 0.15) is 16.2 Å². The lowest BCUT2D eigenvalue weighted by atomic mass is 10.2. The summed E-state index contributed by atoms with van der Waals surface area (Å²) in [7, 11) is 0. The molecule has 6 nitrogen and oxygen atoms in total. The molecule has 0 aliphatic heterocycles. The topological polar surface area (TPSA) is 88.0 Å². The van der Waals surface area contributed by atoms with Gasteiger partial charge in [-0.25, -0.2) is 14.8 Å². The number of hydrogen-bond acceptors (Lipinski definition) is 5. The molecule has 0 saturated heterocycles. The van der Waals surface area contributed by atoms with Gasteiger partial charge < -0.3 is 10.4 Å². The van der Waals surface area contributed by atoms with E-state index in [9.17, 15) is 4.79 Å². The molecule has 0 spiro atoms. The number of aromatic nitrogens is 3. The van der Waals surface area contributed by atoms with Gasteiger partial charge in [-0.15, -0.1) is 0 Å². The SMILES string of the molecule is O=C(O)c1ccnc(NCCc2ccc3ccccc3n2)n1. The number of carboxylic acid groups (broad SMARTS) is 1. The summed E-state index contributed by atoms with van der Waals surface area (Å²) in [6.45, 7) is 0.578. The van der Waals surface area contributed by atoms with E-state index in [1.165, 1.54) is 12.3 Å². The molecule has 0 amide bonds. The predicted octanol–water partition coefficient (Wildman–Crippen LogP) is 2.38. The molecule has 3 rings (SSSR count). The zero-order chi connectivity index (χ0) is 15.4. The molecule has 0 unspecified atom stereocenters. The number of carbonyl (C=O) groups is 1. The minimum absolute atomic E-state index is 0.0265. The Bertz CT molecular complexity index is 820. The van der Waals surface area contributed by atoms with Crippen LogP contribution in [0.4, 0.5) is 5.95 Å². The molecule has 110 valence electrons. The summed E-state index contributed by atoms with van der Waals surface area (Å²) < 4.78 is 0. The molecule has 2 N–H and O–H groups in total. The number of para-hydroxylation sites is 1. The zero-order valence-corrected chi connectivity index (χ0v) is 11.7. The van der Waals surface area contributed by atoms with Crippen molar-refractivity contribution in [3.63, 3.8) is 0 Å². The third-order valence-electron chi connectivity index (χ3n) is 3.20. The maximum absolute atomic E-state index is 10.8. The molecule has 3 aromatic rings. The van der Waals surface area contributed by atoms with Gasteiger partial charge >= 0.3 is 5.97 Å². The Morgan fingerprint density at radius 3 is 2.82 bits per heavy atom. The second-order valence-corrected chi connectivity index (χ2v) is 4.74. The third-order valence-corrected chi connectivity index (χ3v) is 3.20. The maximum atomic E-state index is 10.8. The molecule has 0 atom stereocenters. The monoisotopic (exact) mass is 294 g/mol. The number of benzene rings is 1. The normalized spacial score (nSPS) is 10.5. The highest BCUT2D eigenvalue weighted by Crippen LogP contribution is 2.12. The Kier molecular flexibility index (Phi) is 3.91. The van der Waals surface area contributed by atoms with Crippen LogP contribution in [0.3, 0.4) is 0 Å². The first kappa shape index (κ1) is 13.9. The van der Waals surface area contributed by atoms with Crippen LogP contribution in [0.25, 0.3) is 10.9 Å². The average molecular weight is 294 g/mol. The number of nitrogens with zero attached hydrogens (tertiary/aromatic N) is 3. The summed E-state index contributed by atoms with van der Waals surface area (Å²) in [6.07, 6.45) is 2.12. The van der Waals surface area contributed by atoms with Crippen molar-refractivity contribution >= 4 is 22.8 Å². The highest BCUT2D eigenvalue weighted by Gasteiger charge is 2.06. The van der Waals surface area contributed by atoms with E-state index in [4.69, 9.17) is 5.11 Å².